The average molecular weight is 322 g/mol. The van der Waals surface area contributed by atoms with E-state index in [9.17, 15) is 4.79 Å². The molecule has 0 unspecified atom stereocenters. The Morgan fingerprint density at radius 1 is 1.40 bits per heavy atom. The minimum absolute atomic E-state index is 0.0748. The Hall–Kier alpha value is 0.0200. The van der Waals surface area contributed by atoms with Gasteiger partial charge >= 0.3 is 0 Å². The fourth-order valence-corrected chi connectivity index (χ4v) is 2.82. The monoisotopic (exact) mass is 322 g/mol. The van der Waals surface area contributed by atoms with Gasteiger partial charge in [-0.3, -0.25) is 4.79 Å². The number of rotatable bonds is 0. The van der Waals surface area contributed by atoms with Gasteiger partial charge in [-0.15, -0.1) is 0 Å². The number of Topliss-reactive ketones (excluding diaryl/α,β-unsaturated/α-hetero) is 1. The van der Waals surface area contributed by atoms with Crippen LogP contribution >= 0.6 is 22.6 Å². The molecule has 0 aromatic rings. The zero-order valence-corrected chi connectivity index (χ0v) is 10.6. The smallest absolute Gasteiger partial charge is 0.200 e. The zero-order valence-electron chi connectivity index (χ0n) is 8.45. The minimum Gasteiger partial charge on any atom is -0.358 e. The van der Waals surface area contributed by atoms with Gasteiger partial charge in [0.2, 0.25) is 5.78 Å². The third-order valence-electron chi connectivity index (χ3n) is 2.91. The van der Waals surface area contributed by atoms with Gasteiger partial charge in [0.25, 0.3) is 0 Å². The van der Waals surface area contributed by atoms with Crippen molar-refractivity contribution in [2.45, 2.75) is 37.9 Å². The average Bonchev–Trinajstić information content (AvgIpc) is 2.92. The van der Waals surface area contributed by atoms with Gasteiger partial charge in [-0.05, 0) is 36.4 Å². The van der Waals surface area contributed by atoms with E-state index in [0.717, 1.165) is 9.15 Å². The van der Waals surface area contributed by atoms with Gasteiger partial charge in [0.05, 0.1) is 10.2 Å². The number of hydrogen-bond donors (Lipinski definition) is 0. The van der Waals surface area contributed by atoms with Crippen LogP contribution in [0.15, 0.2) is 9.15 Å². The fraction of sp³-hybridized carbons (Fsp3) is 0.700. The van der Waals surface area contributed by atoms with E-state index in [2.05, 4.69) is 22.6 Å². The molecule has 0 bridgehead atoms. The van der Waals surface area contributed by atoms with Crippen molar-refractivity contribution in [2.24, 2.45) is 0 Å². The summed E-state index contributed by atoms with van der Waals surface area (Å²) in [6.45, 7) is 4.23. The second kappa shape index (κ2) is 3.03. The molecule has 5 heteroatoms. The Labute approximate surface area is 101 Å². The quantitative estimate of drug-likeness (QED) is 0.496. The highest BCUT2D eigenvalue weighted by Crippen LogP contribution is 2.45. The molecular weight excluding hydrogens is 311 g/mol. The summed E-state index contributed by atoms with van der Waals surface area (Å²) in [7, 11) is 0. The molecule has 15 heavy (non-hydrogen) atoms. The highest BCUT2D eigenvalue weighted by molar-refractivity contribution is 14.1. The summed E-state index contributed by atoms with van der Waals surface area (Å²) in [5.41, 5.74) is 0.943. The summed E-state index contributed by atoms with van der Waals surface area (Å²) in [4.78, 5) is 11.7. The Kier molecular flexibility index (Phi) is 2.06. The van der Waals surface area contributed by atoms with Crippen LogP contribution in [0.4, 0.5) is 0 Å². The molecular formula is C10H11IO4. The molecule has 3 rings (SSSR count). The minimum atomic E-state index is -0.581. The third kappa shape index (κ3) is 1.48. The highest BCUT2D eigenvalue weighted by atomic mass is 127. The van der Waals surface area contributed by atoms with Gasteiger partial charge in [-0.1, -0.05) is 0 Å². The van der Waals surface area contributed by atoms with Crippen LogP contribution in [0.25, 0.3) is 0 Å². The van der Waals surface area contributed by atoms with Crippen LogP contribution < -0.4 is 0 Å². The molecule has 0 amide bonds. The van der Waals surface area contributed by atoms with Crippen molar-refractivity contribution in [1.29, 1.82) is 0 Å². The van der Waals surface area contributed by atoms with Crippen molar-refractivity contribution in [3.05, 3.63) is 9.15 Å². The second-order valence-corrected chi connectivity index (χ2v) is 5.53. The van der Waals surface area contributed by atoms with Crippen LogP contribution in [-0.2, 0) is 19.0 Å². The fourth-order valence-electron chi connectivity index (χ4n) is 2.05. The summed E-state index contributed by atoms with van der Waals surface area (Å²) in [5.74, 6) is -0.499. The molecule has 0 saturated carbocycles. The molecule has 0 N–H and O–H groups in total. The molecule has 1 aliphatic carbocycles. The maximum absolute atomic E-state index is 11.7. The van der Waals surface area contributed by atoms with E-state index in [4.69, 9.17) is 14.2 Å². The van der Waals surface area contributed by atoms with Crippen LogP contribution in [0.3, 0.4) is 0 Å². The third-order valence-corrected chi connectivity index (χ3v) is 4.13. The number of halogens is 1. The van der Waals surface area contributed by atoms with Crippen LogP contribution in [0.5, 0.6) is 0 Å². The van der Waals surface area contributed by atoms with E-state index >= 15 is 0 Å². The van der Waals surface area contributed by atoms with Crippen molar-refractivity contribution in [1.82, 2.24) is 0 Å². The number of hydrogen-bond acceptors (Lipinski definition) is 4. The lowest BCUT2D eigenvalue weighted by molar-refractivity contribution is -0.255. The second-order valence-electron chi connectivity index (χ2n) is 4.45. The van der Waals surface area contributed by atoms with Gasteiger partial charge in [0.1, 0.15) is 12.2 Å². The standard InChI is InChI=1S/C10H11IO4/c1-10(2)13-3-4-5(11)6(12)8-9(14-8)7(4)15-10/h7-9H,3H2,1-2H3/t7-,8-,9+/m1/s1. The van der Waals surface area contributed by atoms with Gasteiger partial charge in [0, 0.05) is 5.57 Å². The summed E-state index contributed by atoms with van der Waals surface area (Å²) in [6.07, 6.45) is -0.433. The van der Waals surface area contributed by atoms with Crippen LogP contribution in [0.1, 0.15) is 13.8 Å². The predicted octanol–water partition coefficient (Wildman–Crippen LogP) is 1.18. The van der Waals surface area contributed by atoms with E-state index in [1.165, 1.54) is 0 Å². The van der Waals surface area contributed by atoms with Gasteiger partial charge < -0.3 is 14.2 Å². The van der Waals surface area contributed by atoms with E-state index in [-0.39, 0.29) is 24.1 Å². The molecule has 0 aromatic carbocycles. The largest absolute Gasteiger partial charge is 0.358 e. The molecule has 2 heterocycles. The van der Waals surface area contributed by atoms with Crippen molar-refractivity contribution >= 4 is 28.4 Å². The first-order valence-electron chi connectivity index (χ1n) is 4.89. The van der Waals surface area contributed by atoms with E-state index < -0.39 is 5.79 Å². The molecule has 3 atom stereocenters. The van der Waals surface area contributed by atoms with Crippen molar-refractivity contribution in [3.63, 3.8) is 0 Å². The molecule has 0 aromatic heterocycles. The van der Waals surface area contributed by atoms with E-state index in [0.29, 0.717) is 6.61 Å². The predicted molar refractivity (Wildman–Crippen MR) is 59.6 cm³/mol. The van der Waals surface area contributed by atoms with Crippen molar-refractivity contribution in [3.8, 4) is 0 Å². The molecule has 0 spiro atoms. The van der Waals surface area contributed by atoms with Crippen LogP contribution in [0.2, 0.25) is 0 Å². The molecule has 4 nitrogen and oxygen atoms in total. The number of epoxide rings is 1. The Morgan fingerprint density at radius 3 is 2.87 bits per heavy atom. The number of carbonyl (C=O) groups excluding carboxylic acids is 1. The Morgan fingerprint density at radius 2 is 2.13 bits per heavy atom. The SMILES string of the molecule is CC1(C)OCC2=C(I)C(=O)[C@H]3O[C@H]3[C@@H]2O1. The van der Waals surface area contributed by atoms with Gasteiger partial charge in [0.15, 0.2) is 11.9 Å². The summed E-state index contributed by atoms with van der Waals surface area (Å²) >= 11 is 2.06. The number of carbonyl (C=O) groups is 1. The summed E-state index contributed by atoms with van der Waals surface area (Å²) in [5, 5.41) is 0. The van der Waals surface area contributed by atoms with Crippen molar-refractivity contribution < 1.29 is 19.0 Å². The lowest BCUT2D eigenvalue weighted by Crippen LogP contribution is -2.47. The zero-order chi connectivity index (χ0) is 10.8. The molecule has 0 radical (unpaired) electrons. The number of fused-ring (bicyclic) bond motifs is 3. The normalized spacial score (nSPS) is 42.3. The highest BCUT2D eigenvalue weighted by Gasteiger charge is 2.58. The first-order valence-corrected chi connectivity index (χ1v) is 5.97. The Balaban J connectivity index is 1.97. The first kappa shape index (κ1) is 10.2. The molecule has 2 saturated heterocycles. The van der Waals surface area contributed by atoms with Gasteiger partial charge in [-0.25, -0.2) is 0 Å². The molecule has 2 aliphatic heterocycles. The number of ether oxygens (including phenoxy) is 3. The Bertz CT molecular complexity index is 374. The van der Waals surface area contributed by atoms with Gasteiger partial charge in [-0.2, -0.15) is 0 Å². The van der Waals surface area contributed by atoms with Crippen molar-refractivity contribution in [2.75, 3.05) is 6.61 Å². The molecule has 2 fully saturated rings. The lowest BCUT2D eigenvalue weighted by Gasteiger charge is -2.38. The maximum Gasteiger partial charge on any atom is 0.200 e. The maximum atomic E-state index is 11.7. The number of ketones is 1. The summed E-state index contributed by atoms with van der Waals surface area (Å²) < 4.78 is 17.4. The molecule has 3 aliphatic rings. The lowest BCUT2D eigenvalue weighted by atomic mass is 9.94. The first-order chi connectivity index (χ1) is 6.99. The van der Waals surface area contributed by atoms with E-state index in [1.54, 1.807) is 0 Å². The van der Waals surface area contributed by atoms with Crippen LogP contribution in [-0.4, -0.2) is 36.5 Å². The molecule has 82 valence electrons. The topological polar surface area (TPSA) is 48.1 Å². The van der Waals surface area contributed by atoms with E-state index in [1.807, 2.05) is 13.8 Å². The summed E-state index contributed by atoms with van der Waals surface area (Å²) in [6, 6.07) is 0. The van der Waals surface area contributed by atoms with Crippen LogP contribution in [0, 0.1) is 0 Å².